The zero-order valence-corrected chi connectivity index (χ0v) is 11.1. The SMILES string of the molecule is C=C1CC[C@@H]2[C@H](OC(=O)[C@H]2C)[C@H]2[C@@H](C)[C@@H](O)C[C@@H]12. The Labute approximate surface area is 108 Å². The maximum atomic E-state index is 11.8. The molecule has 0 radical (unpaired) electrons. The molecule has 3 heteroatoms. The Morgan fingerprint density at radius 2 is 2.11 bits per heavy atom. The minimum absolute atomic E-state index is 0.00361. The smallest absolute Gasteiger partial charge is 0.309 e. The highest BCUT2D eigenvalue weighted by Gasteiger charge is 2.55. The van der Waals surface area contributed by atoms with Gasteiger partial charge in [0.05, 0.1) is 12.0 Å². The van der Waals surface area contributed by atoms with Crippen molar-refractivity contribution in [1.82, 2.24) is 0 Å². The zero-order valence-electron chi connectivity index (χ0n) is 11.1. The normalized spacial score (nSPS) is 51.6. The fourth-order valence-electron chi connectivity index (χ4n) is 4.33. The fourth-order valence-corrected chi connectivity index (χ4v) is 4.33. The van der Waals surface area contributed by atoms with Crippen LogP contribution in [-0.4, -0.2) is 23.3 Å². The Morgan fingerprint density at radius 1 is 1.39 bits per heavy atom. The molecule has 0 aromatic heterocycles. The molecule has 2 saturated carbocycles. The Balaban J connectivity index is 1.96. The van der Waals surface area contributed by atoms with Crippen molar-refractivity contribution in [3.05, 3.63) is 12.2 Å². The van der Waals surface area contributed by atoms with Crippen LogP contribution in [0.5, 0.6) is 0 Å². The van der Waals surface area contributed by atoms with E-state index < -0.39 is 0 Å². The molecule has 2 aliphatic carbocycles. The van der Waals surface area contributed by atoms with Gasteiger partial charge in [-0.2, -0.15) is 0 Å². The predicted octanol–water partition coefficient (Wildman–Crippen LogP) is 2.15. The number of carbonyl (C=O) groups is 1. The second-order valence-corrected chi connectivity index (χ2v) is 6.40. The average molecular weight is 250 g/mol. The van der Waals surface area contributed by atoms with Crippen LogP contribution in [0.4, 0.5) is 0 Å². The van der Waals surface area contributed by atoms with Crippen LogP contribution >= 0.6 is 0 Å². The largest absolute Gasteiger partial charge is 0.462 e. The highest BCUT2D eigenvalue weighted by atomic mass is 16.6. The van der Waals surface area contributed by atoms with Crippen molar-refractivity contribution in [2.45, 2.75) is 45.3 Å². The van der Waals surface area contributed by atoms with Crippen molar-refractivity contribution < 1.29 is 14.6 Å². The summed E-state index contributed by atoms with van der Waals surface area (Å²) in [7, 11) is 0. The van der Waals surface area contributed by atoms with E-state index in [-0.39, 0.29) is 35.9 Å². The lowest BCUT2D eigenvalue weighted by Crippen LogP contribution is -2.33. The van der Waals surface area contributed by atoms with Gasteiger partial charge in [-0.3, -0.25) is 4.79 Å². The number of aliphatic hydroxyl groups excluding tert-OH is 1. The van der Waals surface area contributed by atoms with E-state index in [1.807, 2.05) is 6.92 Å². The summed E-state index contributed by atoms with van der Waals surface area (Å²) in [6, 6.07) is 0. The molecule has 0 amide bonds. The van der Waals surface area contributed by atoms with Gasteiger partial charge >= 0.3 is 5.97 Å². The van der Waals surface area contributed by atoms with Gasteiger partial charge in [0.15, 0.2) is 0 Å². The monoisotopic (exact) mass is 250 g/mol. The van der Waals surface area contributed by atoms with E-state index in [9.17, 15) is 9.90 Å². The number of allylic oxidation sites excluding steroid dienone is 1. The molecule has 100 valence electrons. The van der Waals surface area contributed by atoms with E-state index in [1.165, 1.54) is 5.57 Å². The van der Waals surface area contributed by atoms with E-state index in [0.717, 1.165) is 19.3 Å². The van der Waals surface area contributed by atoms with Gasteiger partial charge in [-0.25, -0.2) is 0 Å². The average Bonchev–Trinajstić information content (AvgIpc) is 2.72. The van der Waals surface area contributed by atoms with Crippen LogP contribution in [0.2, 0.25) is 0 Å². The van der Waals surface area contributed by atoms with Crippen molar-refractivity contribution in [3.8, 4) is 0 Å². The first-order valence-corrected chi connectivity index (χ1v) is 7.07. The van der Waals surface area contributed by atoms with Crippen LogP contribution in [-0.2, 0) is 9.53 Å². The zero-order chi connectivity index (χ0) is 13.0. The second-order valence-electron chi connectivity index (χ2n) is 6.40. The van der Waals surface area contributed by atoms with E-state index in [0.29, 0.717) is 11.8 Å². The number of hydrogen-bond donors (Lipinski definition) is 1. The third-order valence-electron chi connectivity index (χ3n) is 5.56. The van der Waals surface area contributed by atoms with E-state index in [2.05, 4.69) is 13.5 Å². The quantitative estimate of drug-likeness (QED) is 0.529. The van der Waals surface area contributed by atoms with Crippen molar-refractivity contribution in [1.29, 1.82) is 0 Å². The third-order valence-corrected chi connectivity index (χ3v) is 5.56. The van der Waals surface area contributed by atoms with Gasteiger partial charge in [-0.05, 0) is 31.1 Å². The van der Waals surface area contributed by atoms with Crippen LogP contribution in [0.1, 0.15) is 33.1 Å². The Bertz CT molecular complexity index is 389. The molecule has 0 spiro atoms. The number of carbonyl (C=O) groups excluding carboxylic acids is 1. The third kappa shape index (κ3) is 1.56. The minimum Gasteiger partial charge on any atom is -0.462 e. The second kappa shape index (κ2) is 4.09. The summed E-state index contributed by atoms with van der Waals surface area (Å²) in [6.45, 7) is 8.27. The highest BCUT2D eigenvalue weighted by Crippen LogP contribution is 2.52. The molecule has 0 aromatic rings. The standard InChI is InChI=1S/C15H22O3/c1-7-4-5-10-8(2)15(17)18-14(10)13-9(3)12(16)6-11(7)13/h8-14,16H,1,4-6H2,2-3H3/t8-,9-,10-,11-,12-,13-,14-/m0/s1. The van der Waals surface area contributed by atoms with Gasteiger partial charge in [0.2, 0.25) is 0 Å². The molecule has 1 N–H and O–H groups in total. The van der Waals surface area contributed by atoms with Crippen molar-refractivity contribution in [2.75, 3.05) is 0 Å². The summed E-state index contributed by atoms with van der Waals surface area (Å²) in [5.74, 6) is 1.08. The van der Waals surface area contributed by atoms with Gasteiger partial charge in [0.1, 0.15) is 6.10 Å². The summed E-state index contributed by atoms with van der Waals surface area (Å²) in [4.78, 5) is 11.8. The molecular formula is C15H22O3. The molecule has 0 aromatic carbocycles. The maximum absolute atomic E-state index is 11.8. The molecule has 3 aliphatic rings. The molecule has 3 nitrogen and oxygen atoms in total. The molecule has 3 fully saturated rings. The van der Waals surface area contributed by atoms with Crippen LogP contribution in [0.25, 0.3) is 0 Å². The minimum atomic E-state index is -0.273. The summed E-state index contributed by atoms with van der Waals surface area (Å²) in [6.07, 6.45) is 2.50. The first kappa shape index (κ1) is 12.2. The maximum Gasteiger partial charge on any atom is 0.309 e. The fraction of sp³-hybridized carbons (Fsp3) is 0.800. The number of esters is 1. The van der Waals surface area contributed by atoms with E-state index in [4.69, 9.17) is 4.74 Å². The Kier molecular flexibility index (Phi) is 2.77. The van der Waals surface area contributed by atoms with Crippen LogP contribution in [0.15, 0.2) is 12.2 Å². The predicted molar refractivity (Wildman–Crippen MR) is 67.7 cm³/mol. The van der Waals surface area contributed by atoms with Gasteiger partial charge in [0, 0.05) is 11.8 Å². The molecule has 0 unspecified atom stereocenters. The van der Waals surface area contributed by atoms with Gasteiger partial charge in [-0.1, -0.05) is 26.0 Å². The lowest BCUT2D eigenvalue weighted by Gasteiger charge is -2.29. The Hall–Kier alpha value is -0.830. The summed E-state index contributed by atoms with van der Waals surface area (Å²) in [5.41, 5.74) is 1.25. The number of rotatable bonds is 0. The number of hydrogen-bond acceptors (Lipinski definition) is 3. The highest BCUT2D eigenvalue weighted by molar-refractivity contribution is 5.75. The molecule has 1 aliphatic heterocycles. The lowest BCUT2D eigenvalue weighted by molar-refractivity contribution is -0.146. The molecule has 0 bridgehead atoms. The molecule has 1 saturated heterocycles. The molecule has 3 rings (SSSR count). The number of aliphatic hydroxyl groups is 1. The van der Waals surface area contributed by atoms with Gasteiger partial charge in [0.25, 0.3) is 0 Å². The summed E-state index contributed by atoms with van der Waals surface area (Å²) < 4.78 is 5.65. The summed E-state index contributed by atoms with van der Waals surface area (Å²) >= 11 is 0. The van der Waals surface area contributed by atoms with Crippen LogP contribution in [0.3, 0.4) is 0 Å². The Morgan fingerprint density at radius 3 is 2.83 bits per heavy atom. The van der Waals surface area contributed by atoms with Gasteiger partial charge in [-0.15, -0.1) is 0 Å². The molecule has 1 heterocycles. The lowest BCUT2D eigenvalue weighted by atomic mass is 9.78. The first-order valence-electron chi connectivity index (χ1n) is 7.07. The van der Waals surface area contributed by atoms with E-state index in [1.54, 1.807) is 0 Å². The summed E-state index contributed by atoms with van der Waals surface area (Å²) in [5, 5.41) is 10.1. The van der Waals surface area contributed by atoms with Gasteiger partial charge < -0.3 is 9.84 Å². The molecule has 18 heavy (non-hydrogen) atoms. The van der Waals surface area contributed by atoms with Crippen molar-refractivity contribution in [2.24, 2.45) is 29.6 Å². The number of fused-ring (bicyclic) bond motifs is 3. The number of ether oxygens (including phenoxy) is 1. The van der Waals surface area contributed by atoms with Crippen LogP contribution in [0, 0.1) is 29.6 Å². The van der Waals surface area contributed by atoms with Crippen molar-refractivity contribution >= 4 is 5.97 Å². The molecular weight excluding hydrogens is 228 g/mol. The van der Waals surface area contributed by atoms with Crippen LogP contribution < -0.4 is 0 Å². The van der Waals surface area contributed by atoms with Crippen molar-refractivity contribution in [3.63, 3.8) is 0 Å². The molecule has 7 atom stereocenters. The van der Waals surface area contributed by atoms with E-state index >= 15 is 0 Å². The topological polar surface area (TPSA) is 46.5 Å². The first-order chi connectivity index (χ1) is 8.50.